The van der Waals surface area contributed by atoms with Crippen molar-refractivity contribution in [3.63, 3.8) is 0 Å². The van der Waals surface area contributed by atoms with Crippen molar-refractivity contribution in [2.24, 2.45) is 10.8 Å². The molecule has 1 aliphatic heterocycles. The van der Waals surface area contributed by atoms with Gasteiger partial charge in [0.25, 0.3) is 17.7 Å². The molecule has 214 valence electrons. The maximum atomic E-state index is 13.5. The predicted octanol–water partition coefficient (Wildman–Crippen LogP) is 1.26. The van der Waals surface area contributed by atoms with Crippen molar-refractivity contribution in [3.8, 4) is 0 Å². The number of guanidine groups is 1. The Bertz CT molecular complexity index is 1400. The van der Waals surface area contributed by atoms with E-state index in [1.54, 1.807) is 13.1 Å². The molecular formula is C30H35N7O4. The molecule has 4 rings (SSSR count). The number of hydrogen-bond acceptors (Lipinski definition) is 8. The average Bonchev–Trinajstić information content (AvgIpc) is 3.50. The fourth-order valence-electron chi connectivity index (χ4n) is 4.40. The highest BCUT2D eigenvalue weighted by Crippen LogP contribution is 2.19. The maximum Gasteiger partial charge on any atom is 0.257 e. The zero-order chi connectivity index (χ0) is 29.4. The summed E-state index contributed by atoms with van der Waals surface area (Å²) in [5, 5.41) is 23.5. The predicted molar refractivity (Wildman–Crippen MR) is 157 cm³/mol. The number of nitrogens with two attached hydrogens (primary N) is 1. The number of aliphatic hydroxyl groups excluding tert-OH is 1. The van der Waals surface area contributed by atoms with Crippen LogP contribution in [0.1, 0.15) is 44.8 Å². The van der Waals surface area contributed by atoms with E-state index in [1.807, 2.05) is 67.6 Å². The lowest BCUT2D eigenvalue weighted by atomic mass is 9.99. The standard InChI is InChI=1S/C30H35N7O4/c1-19(21-11-7-4-8-12-21)34-27(39)22-16-23(18-24(17-22)37(2)31)28(40)35-25(15-20-9-5-3-6-10-20)26(38)29(41)36-30-32-13-14-33-30/h3-12,16-19,25-26,38H,13-15,31H2,1-2H3,(H,34,39)(H,35,40)(H2,32,33,36,41)/t19-,25+,26-/m1/s1. The fourth-order valence-corrected chi connectivity index (χ4v) is 4.40. The highest BCUT2D eigenvalue weighted by Gasteiger charge is 2.30. The third-order valence-corrected chi connectivity index (χ3v) is 6.68. The van der Waals surface area contributed by atoms with Gasteiger partial charge < -0.3 is 26.1 Å². The number of hydrogen-bond donors (Lipinski definition) is 6. The molecular weight excluding hydrogens is 522 g/mol. The van der Waals surface area contributed by atoms with Crippen molar-refractivity contribution < 1.29 is 19.5 Å². The van der Waals surface area contributed by atoms with Crippen LogP contribution in [-0.4, -0.2) is 61.1 Å². The second-order valence-corrected chi connectivity index (χ2v) is 9.85. The van der Waals surface area contributed by atoms with Crippen LogP contribution in [0.4, 0.5) is 5.69 Å². The molecule has 3 aromatic rings. The molecule has 11 heteroatoms. The van der Waals surface area contributed by atoms with Gasteiger partial charge in [0.2, 0.25) is 0 Å². The normalized spacial score (nSPS) is 14.6. The number of amides is 3. The van der Waals surface area contributed by atoms with Gasteiger partial charge in [-0.1, -0.05) is 60.7 Å². The van der Waals surface area contributed by atoms with E-state index in [1.165, 1.54) is 17.1 Å². The van der Waals surface area contributed by atoms with E-state index in [0.29, 0.717) is 18.8 Å². The van der Waals surface area contributed by atoms with E-state index in [2.05, 4.69) is 26.3 Å². The van der Waals surface area contributed by atoms with Gasteiger partial charge >= 0.3 is 0 Å². The summed E-state index contributed by atoms with van der Waals surface area (Å²) < 4.78 is 0. The quantitative estimate of drug-likeness (QED) is 0.162. The smallest absolute Gasteiger partial charge is 0.257 e. The van der Waals surface area contributed by atoms with Crippen LogP contribution in [-0.2, 0) is 11.2 Å². The fraction of sp³-hybridized carbons (Fsp3) is 0.267. The highest BCUT2D eigenvalue weighted by atomic mass is 16.3. The van der Waals surface area contributed by atoms with Crippen molar-refractivity contribution in [2.45, 2.75) is 31.5 Å². The lowest BCUT2D eigenvalue weighted by Crippen LogP contribution is -2.53. The Morgan fingerprint density at radius 2 is 1.59 bits per heavy atom. The summed E-state index contributed by atoms with van der Waals surface area (Å²) in [6, 6.07) is 22.0. The topological polar surface area (TPSA) is 161 Å². The zero-order valence-corrected chi connectivity index (χ0v) is 23.0. The van der Waals surface area contributed by atoms with Crippen LogP contribution in [0.15, 0.2) is 83.9 Å². The third kappa shape index (κ3) is 7.90. The van der Waals surface area contributed by atoms with E-state index in [-0.39, 0.29) is 35.5 Å². The molecule has 0 saturated carbocycles. The van der Waals surface area contributed by atoms with Gasteiger partial charge in [-0.2, -0.15) is 0 Å². The van der Waals surface area contributed by atoms with Crippen LogP contribution in [0.25, 0.3) is 0 Å². The molecule has 1 aliphatic rings. The van der Waals surface area contributed by atoms with E-state index < -0.39 is 24.0 Å². The van der Waals surface area contributed by atoms with Gasteiger partial charge in [0.05, 0.1) is 24.3 Å². The molecule has 1 heterocycles. The third-order valence-electron chi connectivity index (χ3n) is 6.68. The summed E-state index contributed by atoms with van der Waals surface area (Å²) in [7, 11) is 1.59. The Hall–Kier alpha value is -4.74. The minimum Gasteiger partial charge on any atom is -0.381 e. The molecule has 0 saturated heterocycles. The largest absolute Gasteiger partial charge is 0.381 e. The van der Waals surface area contributed by atoms with Gasteiger partial charge in [-0.05, 0) is 42.7 Å². The number of nitrogens with one attached hydrogen (secondary N) is 4. The highest BCUT2D eigenvalue weighted by molar-refractivity contribution is 6.02. The Morgan fingerprint density at radius 1 is 0.976 bits per heavy atom. The van der Waals surface area contributed by atoms with Gasteiger partial charge in [-0.25, -0.2) is 5.84 Å². The number of benzene rings is 3. The van der Waals surface area contributed by atoms with E-state index in [9.17, 15) is 19.5 Å². The van der Waals surface area contributed by atoms with Crippen molar-refractivity contribution in [1.82, 2.24) is 21.3 Å². The molecule has 0 radical (unpaired) electrons. The van der Waals surface area contributed by atoms with Crippen molar-refractivity contribution >= 4 is 29.4 Å². The van der Waals surface area contributed by atoms with Crippen molar-refractivity contribution in [1.29, 1.82) is 0 Å². The second kappa shape index (κ2) is 13.6. The number of anilines is 1. The summed E-state index contributed by atoms with van der Waals surface area (Å²) in [5.41, 5.74) is 2.55. The van der Waals surface area contributed by atoms with E-state index in [4.69, 9.17) is 5.84 Å². The van der Waals surface area contributed by atoms with Gasteiger partial charge in [-0.15, -0.1) is 0 Å². The van der Waals surface area contributed by atoms with Crippen LogP contribution >= 0.6 is 0 Å². The number of carbonyl (C=O) groups is 3. The van der Waals surface area contributed by atoms with Crippen molar-refractivity contribution in [3.05, 3.63) is 101 Å². The molecule has 0 unspecified atom stereocenters. The summed E-state index contributed by atoms with van der Waals surface area (Å²) in [6.07, 6.45) is -1.40. The average molecular weight is 558 g/mol. The molecule has 41 heavy (non-hydrogen) atoms. The lowest BCUT2D eigenvalue weighted by molar-refractivity contribution is -0.129. The first-order chi connectivity index (χ1) is 19.7. The van der Waals surface area contributed by atoms with Crippen LogP contribution in [0, 0.1) is 0 Å². The summed E-state index contributed by atoms with van der Waals surface area (Å²) in [5.74, 6) is 4.58. The number of aliphatic hydroxyl groups is 1. The van der Waals surface area contributed by atoms with Gasteiger partial charge in [0, 0.05) is 24.7 Å². The van der Waals surface area contributed by atoms with Gasteiger partial charge in [0.1, 0.15) is 0 Å². The molecule has 3 aromatic carbocycles. The zero-order valence-electron chi connectivity index (χ0n) is 23.0. The van der Waals surface area contributed by atoms with Crippen LogP contribution in [0.3, 0.4) is 0 Å². The molecule has 3 amide bonds. The first-order valence-corrected chi connectivity index (χ1v) is 13.3. The molecule has 0 fully saturated rings. The second-order valence-electron chi connectivity index (χ2n) is 9.85. The van der Waals surface area contributed by atoms with Crippen molar-refractivity contribution in [2.75, 3.05) is 25.1 Å². The monoisotopic (exact) mass is 557 g/mol. The number of aliphatic imine (C=N–C) groups is 1. The SMILES string of the molecule is C[C@@H](NC(=O)c1cc(C(=O)N[C@@H](Cc2ccccc2)[C@@H](O)C(=O)NC2=NCCN2)cc(N(C)N)c1)c1ccccc1. The Balaban J connectivity index is 1.56. The number of carbonyl (C=O) groups excluding carboxylic acids is 3. The molecule has 11 nitrogen and oxygen atoms in total. The van der Waals surface area contributed by atoms with Gasteiger partial charge in [-0.3, -0.25) is 24.7 Å². The Morgan fingerprint density at radius 3 is 2.17 bits per heavy atom. The molecule has 7 N–H and O–H groups in total. The van der Waals surface area contributed by atoms with E-state index in [0.717, 1.165) is 11.1 Å². The first kappa shape index (κ1) is 29.2. The molecule has 0 aliphatic carbocycles. The minimum absolute atomic E-state index is 0.143. The maximum absolute atomic E-state index is 13.5. The summed E-state index contributed by atoms with van der Waals surface area (Å²) in [6.45, 7) is 2.97. The lowest BCUT2D eigenvalue weighted by Gasteiger charge is -2.24. The van der Waals surface area contributed by atoms with Crippen LogP contribution in [0.2, 0.25) is 0 Å². The number of hydrazine groups is 1. The summed E-state index contributed by atoms with van der Waals surface area (Å²) in [4.78, 5) is 43.7. The minimum atomic E-state index is -1.58. The number of nitrogens with zero attached hydrogens (tertiary/aromatic N) is 2. The van der Waals surface area contributed by atoms with Gasteiger partial charge in [0.15, 0.2) is 12.1 Å². The van der Waals surface area contributed by atoms with Crippen LogP contribution in [0.5, 0.6) is 0 Å². The summed E-state index contributed by atoms with van der Waals surface area (Å²) >= 11 is 0. The molecule has 0 aromatic heterocycles. The Labute approximate surface area is 238 Å². The Kier molecular flexibility index (Phi) is 9.67. The van der Waals surface area contributed by atoms with E-state index >= 15 is 0 Å². The first-order valence-electron chi connectivity index (χ1n) is 13.3. The molecule has 0 bridgehead atoms. The number of rotatable bonds is 10. The van der Waals surface area contributed by atoms with Crippen LogP contribution < -0.4 is 32.1 Å². The molecule has 3 atom stereocenters. The molecule has 0 spiro atoms.